The normalized spacial score (nSPS) is 22.2. The summed E-state index contributed by atoms with van der Waals surface area (Å²) in [5.41, 5.74) is 0.805. The molecule has 43 heavy (non-hydrogen) atoms. The zero-order valence-corrected chi connectivity index (χ0v) is 23.8. The van der Waals surface area contributed by atoms with Crippen LogP contribution in [0.2, 0.25) is 0 Å². The Morgan fingerprint density at radius 1 is 1.05 bits per heavy atom. The number of aliphatic hydroxyl groups is 1. The van der Waals surface area contributed by atoms with Gasteiger partial charge in [0.1, 0.15) is 23.7 Å². The van der Waals surface area contributed by atoms with Crippen molar-refractivity contribution in [2.45, 2.75) is 56.8 Å². The van der Waals surface area contributed by atoms with Crippen LogP contribution in [0.25, 0.3) is 0 Å². The molecule has 3 atom stereocenters. The van der Waals surface area contributed by atoms with E-state index in [2.05, 4.69) is 15.3 Å². The highest BCUT2D eigenvalue weighted by Crippen LogP contribution is 2.42. The van der Waals surface area contributed by atoms with E-state index in [0.717, 1.165) is 42.2 Å². The van der Waals surface area contributed by atoms with Crippen molar-refractivity contribution in [2.24, 2.45) is 0 Å². The topological polar surface area (TPSA) is 119 Å². The quantitative estimate of drug-likeness (QED) is 0.366. The molecule has 1 aliphatic carbocycles. The second-order valence-corrected chi connectivity index (χ2v) is 10.6. The molecule has 2 amide bonds. The predicted octanol–water partition coefficient (Wildman–Crippen LogP) is 4.55. The van der Waals surface area contributed by atoms with Crippen molar-refractivity contribution in [1.29, 1.82) is 0 Å². The van der Waals surface area contributed by atoms with Crippen LogP contribution in [0.15, 0.2) is 42.6 Å². The molecule has 11 nitrogen and oxygen atoms in total. The number of halogens is 2. The number of carbonyl (C=O) groups excluding carboxylic acids is 1. The molecule has 0 spiro atoms. The first-order valence-electron chi connectivity index (χ1n) is 14.2. The lowest BCUT2D eigenvalue weighted by Crippen LogP contribution is -2.52. The van der Waals surface area contributed by atoms with Crippen LogP contribution >= 0.6 is 0 Å². The van der Waals surface area contributed by atoms with Crippen molar-refractivity contribution in [3.63, 3.8) is 0 Å². The molecular formula is C30H33F2N5O6. The number of anilines is 3. The summed E-state index contributed by atoms with van der Waals surface area (Å²) in [5.74, 6) is -1.88. The lowest BCUT2D eigenvalue weighted by Gasteiger charge is -2.39. The Balaban J connectivity index is 1.28. The van der Waals surface area contributed by atoms with Gasteiger partial charge in [0.15, 0.2) is 29.4 Å². The first-order valence-corrected chi connectivity index (χ1v) is 14.2. The van der Waals surface area contributed by atoms with Crippen LogP contribution < -0.4 is 24.6 Å². The van der Waals surface area contributed by atoms with E-state index in [1.54, 1.807) is 6.20 Å². The number of rotatable bonds is 9. The van der Waals surface area contributed by atoms with Crippen LogP contribution in [-0.4, -0.2) is 66.7 Å². The summed E-state index contributed by atoms with van der Waals surface area (Å²) >= 11 is 0. The highest BCUT2D eigenvalue weighted by Gasteiger charge is 2.42. The van der Waals surface area contributed by atoms with Gasteiger partial charge in [0.25, 0.3) is 0 Å². The average molecular weight is 598 g/mol. The Morgan fingerprint density at radius 2 is 1.72 bits per heavy atom. The molecule has 0 bridgehead atoms. The maximum Gasteiger partial charge on any atom is 0.330 e. The number of aromatic nitrogens is 2. The third-order valence-corrected chi connectivity index (χ3v) is 8.07. The summed E-state index contributed by atoms with van der Waals surface area (Å²) in [7, 11) is 2.51. The molecule has 13 heteroatoms. The molecule has 1 saturated carbocycles. The van der Waals surface area contributed by atoms with Gasteiger partial charge in [-0.15, -0.1) is 0 Å². The Kier molecular flexibility index (Phi) is 8.28. The van der Waals surface area contributed by atoms with Crippen LogP contribution in [0.3, 0.4) is 0 Å². The van der Waals surface area contributed by atoms with E-state index in [-0.39, 0.29) is 43.2 Å². The van der Waals surface area contributed by atoms with Gasteiger partial charge in [-0.3, -0.25) is 9.80 Å². The number of benzene rings is 2. The number of hydrogen-bond donors (Lipinski definition) is 2. The predicted molar refractivity (Wildman–Crippen MR) is 152 cm³/mol. The number of ether oxygens (including phenoxy) is 4. The number of urea groups is 1. The van der Waals surface area contributed by atoms with Gasteiger partial charge in [-0.2, -0.15) is 4.98 Å². The van der Waals surface area contributed by atoms with Crippen LogP contribution in [-0.2, 0) is 16.0 Å². The second kappa shape index (κ2) is 12.3. The van der Waals surface area contributed by atoms with E-state index >= 15 is 8.78 Å². The molecule has 2 aromatic carbocycles. The van der Waals surface area contributed by atoms with Gasteiger partial charge in [0.2, 0.25) is 5.95 Å². The molecule has 1 aromatic heterocycles. The number of nitrogens with one attached hydrogen (secondary N) is 1. The van der Waals surface area contributed by atoms with E-state index in [1.165, 1.54) is 19.1 Å². The van der Waals surface area contributed by atoms with Crippen LogP contribution in [0, 0.1) is 11.6 Å². The van der Waals surface area contributed by atoms with E-state index in [0.29, 0.717) is 11.4 Å². The van der Waals surface area contributed by atoms with Crippen molar-refractivity contribution in [3.8, 4) is 11.5 Å². The number of amides is 2. The Hall–Kier alpha value is -4.07. The van der Waals surface area contributed by atoms with Gasteiger partial charge in [-0.1, -0.05) is 43.2 Å². The molecule has 0 radical (unpaired) electrons. The van der Waals surface area contributed by atoms with Crippen LogP contribution in [0.1, 0.15) is 43.1 Å². The lowest BCUT2D eigenvalue weighted by molar-refractivity contribution is -0.0727. The third kappa shape index (κ3) is 5.43. The van der Waals surface area contributed by atoms with Gasteiger partial charge < -0.3 is 29.4 Å². The van der Waals surface area contributed by atoms with Crippen LogP contribution in [0.4, 0.5) is 31.0 Å². The largest absolute Gasteiger partial charge is 0.493 e. The summed E-state index contributed by atoms with van der Waals surface area (Å²) in [6.07, 6.45) is 3.15. The Bertz CT molecular complexity index is 1450. The summed E-state index contributed by atoms with van der Waals surface area (Å²) in [5, 5.41) is 13.0. The molecule has 6 rings (SSSR count). The zero-order valence-electron chi connectivity index (χ0n) is 23.8. The molecule has 3 heterocycles. The maximum absolute atomic E-state index is 15.5. The summed E-state index contributed by atoms with van der Waals surface area (Å²) in [6.45, 7) is -0.160. The van der Waals surface area contributed by atoms with E-state index < -0.39 is 41.9 Å². The van der Waals surface area contributed by atoms with E-state index in [1.807, 2.05) is 30.3 Å². The smallest absolute Gasteiger partial charge is 0.330 e. The summed E-state index contributed by atoms with van der Waals surface area (Å²) in [4.78, 5) is 25.7. The molecule has 1 saturated heterocycles. The minimum absolute atomic E-state index is 0.160. The van der Waals surface area contributed by atoms with Crippen LogP contribution in [0.5, 0.6) is 11.5 Å². The van der Waals surface area contributed by atoms with E-state index in [9.17, 15) is 9.90 Å². The number of hydrogen-bond acceptors (Lipinski definition) is 9. The Labute approximate surface area is 247 Å². The summed E-state index contributed by atoms with van der Waals surface area (Å²) in [6, 6.07) is 9.74. The molecule has 228 valence electrons. The maximum atomic E-state index is 15.5. The number of methoxy groups -OCH3 is 2. The second-order valence-electron chi connectivity index (χ2n) is 10.6. The van der Waals surface area contributed by atoms with Gasteiger partial charge >= 0.3 is 6.03 Å². The number of aliphatic hydroxyl groups excluding tert-OH is 1. The standard InChI is InChI=1S/C30H33F2N5O6/c1-40-20-12-21(41-2)25(32)26(24(20)31)36-15-18-13-33-29(35-27(18)37(30(36)39)19-10-6-7-11-19)34-14-22-23(16-38)43-28(42-22)17-8-4-3-5-9-17/h3-5,8-9,12-13,19,22-23,28,38H,6-7,10-11,14-16H2,1-2H3,(H,33,34,35)/t22-,23?,28-/m0/s1. The molecule has 3 aliphatic rings. The van der Waals surface area contributed by atoms with Gasteiger partial charge in [-0.25, -0.2) is 18.6 Å². The SMILES string of the molecule is COc1cc(OC)c(F)c(N2Cc3cnc(NC[C@@H]4O[C@H](c5ccccc5)OC4CO)nc3N(C3CCCC3)C2=O)c1F. The van der Waals surface area contributed by atoms with Crippen molar-refractivity contribution < 1.29 is 37.6 Å². The number of carbonyl (C=O) groups is 1. The fraction of sp³-hybridized carbons (Fsp3) is 0.433. The minimum atomic E-state index is -1.01. The van der Waals surface area contributed by atoms with Crippen molar-refractivity contribution in [1.82, 2.24) is 9.97 Å². The van der Waals surface area contributed by atoms with Crippen molar-refractivity contribution in [2.75, 3.05) is 42.5 Å². The zero-order chi connectivity index (χ0) is 30.1. The first kappa shape index (κ1) is 29.0. The third-order valence-electron chi connectivity index (χ3n) is 8.07. The molecule has 2 fully saturated rings. The molecule has 2 N–H and O–H groups in total. The monoisotopic (exact) mass is 597 g/mol. The Morgan fingerprint density at radius 3 is 2.37 bits per heavy atom. The fourth-order valence-electron chi connectivity index (χ4n) is 5.86. The highest BCUT2D eigenvalue weighted by molar-refractivity contribution is 6.06. The van der Waals surface area contributed by atoms with Gasteiger partial charge in [-0.05, 0) is 12.8 Å². The molecule has 2 aliphatic heterocycles. The minimum Gasteiger partial charge on any atom is -0.493 e. The molecule has 1 unspecified atom stereocenters. The van der Waals surface area contributed by atoms with Gasteiger partial charge in [0.05, 0.1) is 27.4 Å². The van der Waals surface area contributed by atoms with E-state index in [4.69, 9.17) is 18.9 Å². The molecular weight excluding hydrogens is 564 g/mol. The average Bonchev–Trinajstić information content (AvgIpc) is 3.71. The van der Waals surface area contributed by atoms with Gasteiger partial charge in [0, 0.05) is 36.0 Å². The lowest BCUT2D eigenvalue weighted by atomic mass is 10.1. The highest BCUT2D eigenvalue weighted by atomic mass is 19.1. The molecule has 3 aromatic rings. The van der Waals surface area contributed by atoms with Crippen molar-refractivity contribution in [3.05, 3.63) is 65.4 Å². The number of nitrogens with zero attached hydrogens (tertiary/aromatic N) is 4. The first-order chi connectivity index (χ1) is 20.9. The number of fused-ring (bicyclic) bond motifs is 1. The fourth-order valence-corrected chi connectivity index (χ4v) is 5.86. The summed E-state index contributed by atoms with van der Waals surface area (Å²) < 4.78 is 53.1. The van der Waals surface area contributed by atoms with Crippen molar-refractivity contribution >= 4 is 23.5 Å².